The summed E-state index contributed by atoms with van der Waals surface area (Å²) in [5.74, 6) is -0.494. The van der Waals surface area contributed by atoms with Crippen molar-refractivity contribution in [3.8, 4) is 0 Å². The summed E-state index contributed by atoms with van der Waals surface area (Å²) >= 11 is 1.17. The summed E-state index contributed by atoms with van der Waals surface area (Å²) in [5.41, 5.74) is 1.89. The molecule has 3 rings (SSSR count). The SMILES string of the molecule is CCCC(=O)Nc1cccc(C(=O)Nc2nnc(CCNS(=O)(=O)c3ccc(C)cc3)s2)c1. The van der Waals surface area contributed by atoms with Gasteiger partial charge in [0.25, 0.3) is 5.91 Å². The molecule has 0 aliphatic carbocycles. The lowest BCUT2D eigenvalue weighted by molar-refractivity contribution is -0.116. The number of aromatic nitrogens is 2. The molecule has 3 aromatic rings. The van der Waals surface area contributed by atoms with E-state index in [0.717, 1.165) is 12.0 Å². The second-order valence-electron chi connectivity index (χ2n) is 7.29. The van der Waals surface area contributed by atoms with Gasteiger partial charge in [-0.05, 0) is 43.7 Å². The highest BCUT2D eigenvalue weighted by Gasteiger charge is 2.15. The van der Waals surface area contributed by atoms with E-state index in [2.05, 4.69) is 25.6 Å². The number of amides is 2. The number of nitrogens with zero attached hydrogens (tertiary/aromatic N) is 2. The lowest BCUT2D eigenvalue weighted by Gasteiger charge is -2.06. The number of carbonyl (C=O) groups is 2. The van der Waals surface area contributed by atoms with E-state index in [1.807, 2.05) is 13.8 Å². The number of sulfonamides is 1. The van der Waals surface area contributed by atoms with Crippen LogP contribution in [0.2, 0.25) is 0 Å². The smallest absolute Gasteiger partial charge is 0.257 e. The largest absolute Gasteiger partial charge is 0.326 e. The molecule has 11 heteroatoms. The molecule has 0 unspecified atom stereocenters. The van der Waals surface area contributed by atoms with Crippen LogP contribution >= 0.6 is 11.3 Å². The molecule has 0 aliphatic heterocycles. The van der Waals surface area contributed by atoms with Gasteiger partial charge in [0.1, 0.15) is 5.01 Å². The van der Waals surface area contributed by atoms with Crippen LogP contribution in [0.4, 0.5) is 10.8 Å². The number of hydrogen-bond donors (Lipinski definition) is 3. The highest BCUT2D eigenvalue weighted by atomic mass is 32.2. The molecule has 0 saturated carbocycles. The van der Waals surface area contributed by atoms with E-state index in [1.54, 1.807) is 48.5 Å². The zero-order chi connectivity index (χ0) is 23.8. The van der Waals surface area contributed by atoms with Gasteiger partial charge in [-0.2, -0.15) is 0 Å². The number of aryl methyl sites for hydroxylation is 1. The molecule has 33 heavy (non-hydrogen) atoms. The lowest BCUT2D eigenvalue weighted by atomic mass is 10.2. The first-order chi connectivity index (χ1) is 15.8. The maximum absolute atomic E-state index is 12.5. The Hall–Kier alpha value is -3.15. The van der Waals surface area contributed by atoms with Gasteiger partial charge in [0.05, 0.1) is 4.90 Å². The van der Waals surface area contributed by atoms with Crippen molar-refractivity contribution in [1.29, 1.82) is 0 Å². The van der Waals surface area contributed by atoms with Crippen LogP contribution in [0.1, 0.15) is 40.7 Å². The molecule has 1 aromatic heterocycles. The monoisotopic (exact) mass is 487 g/mol. The third-order valence-electron chi connectivity index (χ3n) is 4.54. The quantitative estimate of drug-likeness (QED) is 0.402. The second kappa shape index (κ2) is 11.1. The van der Waals surface area contributed by atoms with E-state index in [0.29, 0.717) is 34.2 Å². The van der Waals surface area contributed by atoms with Gasteiger partial charge >= 0.3 is 0 Å². The summed E-state index contributed by atoms with van der Waals surface area (Å²) in [6, 6.07) is 13.2. The zero-order valence-electron chi connectivity index (χ0n) is 18.3. The van der Waals surface area contributed by atoms with Crippen molar-refractivity contribution >= 4 is 44.0 Å². The minimum Gasteiger partial charge on any atom is -0.326 e. The molecule has 0 saturated heterocycles. The molecular formula is C22H25N5O4S2. The van der Waals surface area contributed by atoms with Gasteiger partial charge in [0, 0.05) is 30.6 Å². The average Bonchev–Trinajstić information content (AvgIpc) is 3.21. The predicted octanol–water partition coefficient (Wildman–Crippen LogP) is 3.36. The minimum absolute atomic E-state index is 0.109. The van der Waals surface area contributed by atoms with Gasteiger partial charge in [-0.15, -0.1) is 10.2 Å². The van der Waals surface area contributed by atoms with E-state index in [4.69, 9.17) is 0 Å². The van der Waals surface area contributed by atoms with Crippen LogP contribution in [0.15, 0.2) is 53.4 Å². The molecule has 2 amide bonds. The Morgan fingerprint density at radius 3 is 2.52 bits per heavy atom. The normalized spacial score (nSPS) is 11.2. The summed E-state index contributed by atoms with van der Waals surface area (Å²) < 4.78 is 27.2. The minimum atomic E-state index is -3.61. The van der Waals surface area contributed by atoms with E-state index < -0.39 is 10.0 Å². The van der Waals surface area contributed by atoms with Crippen molar-refractivity contribution in [3.63, 3.8) is 0 Å². The van der Waals surface area contributed by atoms with Crippen molar-refractivity contribution < 1.29 is 18.0 Å². The fourth-order valence-electron chi connectivity index (χ4n) is 2.86. The third kappa shape index (κ3) is 7.17. The van der Waals surface area contributed by atoms with Crippen LogP contribution in [-0.4, -0.2) is 37.0 Å². The third-order valence-corrected chi connectivity index (χ3v) is 6.91. The Bertz CT molecular complexity index is 1220. The fraction of sp³-hybridized carbons (Fsp3) is 0.273. The second-order valence-corrected chi connectivity index (χ2v) is 10.1. The van der Waals surface area contributed by atoms with E-state index in [9.17, 15) is 18.0 Å². The van der Waals surface area contributed by atoms with Crippen molar-refractivity contribution in [2.24, 2.45) is 0 Å². The van der Waals surface area contributed by atoms with Crippen molar-refractivity contribution in [2.75, 3.05) is 17.2 Å². The molecule has 174 valence electrons. The molecule has 1 heterocycles. The van der Waals surface area contributed by atoms with E-state index in [-0.39, 0.29) is 23.3 Å². The van der Waals surface area contributed by atoms with Crippen LogP contribution in [0.5, 0.6) is 0 Å². The molecule has 2 aromatic carbocycles. The summed E-state index contributed by atoms with van der Waals surface area (Å²) in [6.45, 7) is 3.95. The zero-order valence-corrected chi connectivity index (χ0v) is 19.9. The van der Waals surface area contributed by atoms with Crippen molar-refractivity contribution in [3.05, 3.63) is 64.7 Å². The molecule has 0 spiro atoms. The first-order valence-corrected chi connectivity index (χ1v) is 12.7. The van der Waals surface area contributed by atoms with Gasteiger partial charge in [0.15, 0.2) is 0 Å². The van der Waals surface area contributed by atoms with E-state index >= 15 is 0 Å². The van der Waals surface area contributed by atoms with Crippen LogP contribution < -0.4 is 15.4 Å². The number of anilines is 2. The van der Waals surface area contributed by atoms with Gasteiger partial charge in [-0.3, -0.25) is 14.9 Å². The summed E-state index contributed by atoms with van der Waals surface area (Å²) in [6.07, 6.45) is 1.47. The number of rotatable bonds is 10. The topological polar surface area (TPSA) is 130 Å². The van der Waals surface area contributed by atoms with Crippen LogP contribution in [0, 0.1) is 6.92 Å². The summed E-state index contributed by atoms with van der Waals surface area (Å²) in [7, 11) is -3.61. The number of nitrogens with one attached hydrogen (secondary N) is 3. The van der Waals surface area contributed by atoms with Gasteiger partial charge < -0.3 is 5.32 Å². The van der Waals surface area contributed by atoms with Gasteiger partial charge in [0.2, 0.25) is 21.1 Å². The number of carbonyl (C=O) groups excluding carboxylic acids is 2. The lowest BCUT2D eigenvalue weighted by Crippen LogP contribution is -2.25. The standard InChI is InChI=1S/C22H25N5O4S2/c1-3-5-19(28)24-17-7-4-6-16(14-17)21(29)25-22-27-26-20(32-22)12-13-23-33(30,31)18-10-8-15(2)9-11-18/h4,6-11,14,23H,3,5,12-13H2,1-2H3,(H,24,28)(H,25,27,29). The Balaban J connectivity index is 1.54. The Labute approximate surface area is 196 Å². The highest BCUT2D eigenvalue weighted by molar-refractivity contribution is 7.89. The Morgan fingerprint density at radius 2 is 1.79 bits per heavy atom. The maximum atomic E-state index is 12.5. The first kappa shape index (κ1) is 24.5. The Morgan fingerprint density at radius 1 is 1.03 bits per heavy atom. The molecule has 9 nitrogen and oxygen atoms in total. The molecule has 0 atom stereocenters. The highest BCUT2D eigenvalue weighted by Crippen LogP contribution is 2.18. The summed E-state index contributed by atoms with van der Waals surface area (Å²) in [4.78, 5) is 24.5. The maximum Gasteiger partial charge on any atom is 0.257 e. The first-order valence-electron chi connectivity index (χ1n) is 10.4. The molecule has 0 fully saturated rings. The summed E-state index contributed by atoms with van der Waals surface area (Å²) in [5, 5.41) is 14.3. The number of hydrogen-bond acceptors (Lipinski definition) is 7. The predicted molar refractivity (Wildman–Crippen MR) is 128 cm³/mol. The van der Waals surface area contributed by atoms with Crippen LogP contribution in [-0.2, 0) is 21.2 Å². The van der Waals surface area contributed by atoms with Crippen LogP contribution in [0.25, 0.3) is 0 Å². The van der Waals surface area contributed by atoms with E-state index in [1.165, 1.54) is 11.3 Å². The van der Waals surface area contributed by atoms with Gasteiger partial charge in [-0.25, -0.2) is 13.1 Å². The Kier molecular flexibility index (Phi) is 8.26. The van der Waals surface area contributed by atoms with Crippen molar-refractivity contribution in [2.45, 2.75) is 38.0 Å². The molecule has 0 aliphatic rings. The molecular weight excluding hydrogens is 462 g/mol. The van der Waals surface area contributed by atoms with Crippen LogP contribution in [0.3, 0.4) is 0 Å². The average molecular weight is 488 g/mol. The molecule has 0 bridgehead atoms. The number of benzene rings is 2. The molecule has 0 radical (unpaired) electrons. The fourth-order valence-corrected chi connectivity index (χ4v) is 4.62. The molecule has 3 N–H and O–H groups in total. The van der Waals surface area contributed by atoms with Gasteiger partial charge in [-0.1, -0.05) is 42.0 Å². The van der Waals surface area contributed by atoms with Crippen molar-refractivity contribution in [1.82, 2.24) is 14.9 Å².